The molecule has 0 spiro atoms. The van der Waals surface area contributed by atoms with Gasteiger partial charge in [-0.25, -0.2) is 4.79 Å². The molecule has 4 heteroatoms. The van der Waals surface area contributed by atoms with E-state index < -0.39 is 14.3 Å². The van der Waals surface area contributed by atoms with E-state index in [1.807, 2.05) is 19.9 Å². The minimum Gasteiger partial charge on any atom is -0.478 e. The molecule has 3 nitrogen and oxygen atoms in total. The van der Waals surface area contributed by atoms with Crippen molar-refractivity contribution in [1.29, 1.82) is 0 Å². The fourth-order valence-corrected chi connectivity index (χ4v) is 10.1. The van der Waals surface area contributed by atoms with Crippen LogP contribution in [0.1, 0.15) is 66.7 Å². The van der Waals surface area contributed by atoms with Crippen LogP contribution in [0.4, 0.5) is 0 Å². The van der Waals surface area contributed by atoms with Gasteiger partial charge in [0.2, 0.25) is 0 Å². The predicted molar refractivity (Wildman–Crippen MR) is 140 cm³/mol. The second-order valence-corrected chi connectivity index (χ2v) is 15.0. The van der Waals surface area contributed by atoms with Crippen molar-refractivity contribution in [2.75, 3.05) is 0 Å². The molecule has 1 fully saturated rings. The Kier molecular flexibility index (Phi) is 8.36. The third-order valence-corrected chi connectivity index (χ3v) is 12.1. The van der Waals surface area contributed by atoms with Gasteiger partial charge in [-0.15, -0.1) is 0 Å². The summed E-state index contributed by atoms with van der Waals surface area (Å²) in [5, 5.41) is 12.1. The molecular formula is C29H40O3Si. The zero-order chi connectivity index (χ0) is 24.1. The molecule has 0 saturated heterocycles. The van der Waals surface area contributed by atoms with E-state index in [-0.39, 0.29) is 17.1 Å². The largest absolute Gasteiger partial charge is 0.478 e. The number of carboxylic acids is 1. The van der Waals surface area contributed by atoms with Gasteiger partial charge in [-0.3, -0.25) is 0 Å². The Morgan fingerprint density at radius 3 is 2.03 bits per heavy atom. The van der Waals surface area contributed by atoms with Gasteiger partial charge in [0.25, 0.3) is 8.32 Å². The summed E-state index contributed by atoms with van der Waals surface area (Å²) in [5.74, 6) is -0.286. The second-order valence-electron chi connectivity index (χ2n) is 10.8. The molecule has 2 unspecified atom stereocenters. The third kappa shape index (κ3) is 5.85. The van der Waals surface area contributed by atoms with Gasteiger partial charge in [-0.2, -0.15) is 0 Å². The summed E-state index contributed by atoms with van der Waals surface area (Å²) >= 11 is 0. The maximum Gasteiger partial charge on any atom is 0.331 e. The number of hydrogen-bond donors (Lipinski definition) is 1. The van der Waals surface area contributed by atoms with E-state index in [1.54, 1.807) is 0 Å². The monoisotopic (exact) mass is 464 g/mol. The van der Waals surface area contributed by atoms with Gasteiger partial charge in [-0.05, 0) is 52.9 Å². The summed E-state index contributed by atoms with van der Waals surface area (Å²) in [4.78, 5) is 11.6. The normalized spacial score (nSPS) is 20.1. The summed E-state index contributed by atoms with van der Waals surface area (Å²) in [7, 11) is -2.56. The number of benzene rings is 2. The lowest BCUT2D eigenvalue weighted by molar-refractivity contribution is -0.133. The van der Waals surface area contributed by atoms with Gasteiger partial charge in [-0.1, -0.05) is 108 Å². The smallest absolute Gasteiger partial charge is 0.331 e. The highest BCUT2D eigenvalue weighted by atomic mass is 28.4. The van der Waals surface area contributed by atoms with Crippen LogP contribution in [0, 0.1) is 11.8 Å². The maximum absolute atomic E-state index is 11.6. The van der Waals surface area contributed by atoms with Crippen molar-refractivity contribution in [2.24, 2.45) is 11.8 Å². The number of allylic oxidation sites excluding steroid dienone is 1. The zero-order valence-corrected chi connectivity index (χ0v) is 21.9. The van der Waals surface area contributed by atoms with E-state index in [9.17, 15) is 9.90 Å². The Morgan fingerprint density at radius 2 is 1.58 bits per heavy atom. The number of carboxylic acid groups (broad SMARTS) is 1. The summed E-state index contributed by atoms with van der Waals surface area (Å²) < 4.78 is 7.35. The van der Waals surface area contributed by atoms with Crippen LogP contribution in [0.3, 0.4) is 0 Å². The Labute approximate surface area is 201 Å². The van der Waals surface area contributed by atoms with Gasteiger partial charge in [0.1, 0.15) is 0 Å². The molecular weight excluding hydrogens is 424 g/mol. The highest BCUT2D eigenvalue weighted by molar-refractivity contribution is 6.99. The predicted octanol–water partition coefficient (Wildman–Crippen LogP) is 6.18. The third-order valence-electron chi connectivity index (χ3n) is 7.04. The quantitative estimate of drug-likeness (QED) is 0.375. The first kappa shape index (κ1) is 25.4. The van der Waals surface area contributed by atoms with Crippen molar-refractivity contribution in [3.8, 4) is 0 Å². The van der Waals surface area contributed by atoms with Crippen LogP contribution in [0.5, 0.6) is 0 Å². The molecule has 178 valence electrons. The van der Waals surface area contributed by atoms with Crippen molar-refractivity contribution < 1.29 is 14.3 Å². The molecule has 1 N–H and O–H groups in total. The van der Waals surface area contributed by atoms with E-state index in [0.29, 0.717) is 11.5 Å². The van der Waals surface area contributed by atoms with Crippen LogP contribution in [0.25, 0.3) is 0 Å². The molecule has 1 aliphatic carbocycles. The molecule has 2 aromatic rings. The molecule has 2 aromatic carbocycles. The van der Waals surface area contributed by atoms with Gasteiger partial charge >= 0.3 is 5.97 Å². The van der Waals surface area contributed by atoms with Crippen molar-refractivity contribution in [2.45, 2.75) is 77.9 Å². The minimum atomic E-state index is -2.56. The van der Waals surface area contributed by atoms with Crippen LogP contribution in [-0.2, 0) is 9.22 Å². The summed E-state index contributed by atoms with van der Waals surface area (Å²) in [5.41, 5.74) is 0.532. The topological polar surface area (TPSA) is 46.5 Å². The summed E-state index contributed by atoms with van der Waals surface area (Å²) in [6.07, 6.45) is 7.31. The van der Waals surface area contributed by atoms with Gasteiger partial charge in [0.15, 0.2) is 0 Å². The first-order chi connectivity index (χ1) is 15.6. The van der Waals surface area contributed by atoms with Crippen LogP contribution in [0.15, 0.2) is 72.3 Å². The van der Waals surface area contributed by atoms with Gasteiger partial charge < -0.3 is 9.53 Å². The number of aliphatic carboxylic acids is 1. The first-order valence-electron chi connectivity index (χ1n) is 12.4. The molecule has 33 heavy (non-hydrogen) atoms. The number of carbonyl (C=O) groups is 1. The molecule has 1 aliphatic rings. The lowest BCUT2D eigenvalue weighted by Gasteiger charge is -2.46. The lowest BCUT2D eigenvalue weighted by Crippen LogP contribution is -2.67. The SMILES string of the molecule is CC(C)C(=CCC1CCCC(O[Si](c2ccccc2)(c2ccccc2)C(C)(C)C)C1)C(=O)O. The van der Waals surface area contributed by atoms with Crippen LogP contribution in [-0.4, -0.2) is 25.5 Å². The molecule has 0 amide bonds. The summed E-state index contributed by atoms with van der Waals surface area (Å²) in [6.45, 7) is 10.9. The van der Waals surface area contributed by atoms with E-state index in [1.165, 1.54) is 10.4 Å². The standard InChI is InChI=1S/C29H40O3Si/c1-22(2)27(28(30)31)20-19-23-13-12-14-24(21-23)32-33(29(3,4)5,25-15-8-6-9-16-25)26-17-10-7-11-18-26/h6-11,15-18,20,22-24H,12-14,19,21H2,1-5H3,(H,30,31). The summed E-state index contributed by atoms with van der Waals surface area (Å²) in [6, 6.07) is 21.6. The Bertz CT molecular complexity index is 889. The van der Waals surface area contributed by atoms with Gasteiger partial charge in [0, 0.05) is 11.7 Å². The molecule has 0 bridgehead atoms. The molecule has 3 rings (SSSR count). The minimum absolute atomic E-state index is 0.0311. The Morgan fingerprint density at radius 1 is 1.03 bits per heavy atom. The molecule has 0 radical (unpaired) electrons. The molecule has 2 atom stereocenters. The van der Waals surface area contributed by atoms with Crippen LogP contribution >= 0.6 is 0 Å². The van der Waals surface area contributed by atoms with Crippen LogP contribution in [0.2, 0.25) is 5.04 Å². The Balaban J connectivity index is 1.92. The maximum atomic E-state index is 11.6. The van der Waals surface area contributed by atoms with Crippen molar-refractivity contribution in [1.82, 2.24) is 0 Å². The highest BCUT2D eigenvalue weighted by Crippen LogP contribution is 2.40. The fourth-order valence-electron chi connectivity index (χ4n) is 5.37. The van der Waals surface area contributed by atoms with E-state index in [4.69, 9.17) is 4.43 Å². The van der Waals surface area contributed by atoms with Crippen molar-refractivity contribution in [3.05, 3.63) is 72.3 Å². The van der Waals surface area contributed by atoms with E-state index in [2.05, 4.69) is 81.4 Å². The lowest BCUT2D eigenvalue weighted by atomic mass is 9.84. The van der Waals surface area contributed by atoms with E-state index in [0.717, 1.165) is 32.1 Å². The van der Waals surface area contributed by atoms with E-state index >= 15 is 0 Å². The first-order valence-corrected chi connectivity index (χ1v) is 14.3. The van der Waals surface area contributed by atoms with Gasteiger partial charge in [0.05, 0.1) is 0 Å². The number of rotatable bonds is 8. The molecule has 0 aromatic heterocycles. The molecule has 1 saturated carbocycles. The fraction of sp³-hybridized carbons (Fsp3) is 0.483. The van der Waals surface area contributed by atoms with Crippen LogP contribution < -0.4 is 10.4 Å². The Hall–Kier alpha value is -2.17. The average molecular weight is 465 g/mol. The average Bonchev–Trinajstić information content (AvgIpc) is 2.78. The van der Waals surface area contributed by atoms with Crippen molar-refractivity contribution >= 4 is 24.7 Å². The molecule has 0 aliphatic heterocycles. The second kappa shape index (κ2) is 10.8. The zero-order valence-electron chi connectivity index (χ0n) is 20.9. The highest BCUT2D eigenvalue weighted by Gasteiger charge is 2.51. The number of hydrogen-bond acceptors (Lipinski definition) is 2. The van der Waals surface area contributed by atoms with Crippen molar-refractivity contribution in [3.63, 3.8) is 0 Å². The molecule has 0 heterocycles.